The molecule has 0 unspecified atom stereocenters. The summed E-state index contributed by atoms with van der Waals surface area (Å²) >= 11 is 0. The Morgan fingerprint density at radius 3 is 1.26 bits per heavy atom. The predicted molar refractivity (Wildman–Crippen MR) is 152 cm³/mol. The lowest BCUT2D eigenvalue weighted by atomic mass is 10.2. The van der Waals surface area contributed by atoms with Crippen molar-refractivity contribution in [1.29, 1.82) is 0 Å². The maximum absolute atomic E-state index is 12.8. The molecule has 2 aromatic carbocycles. The molecule has 5 rings (SSSR count). The average molecular weight is 607 g/mol. The molecule has 1 aliphatic rings. The molecule has 2 atom stereocenters. The summed E-state index contributed by atoms with van der Waals surface area (Å²) in [7, 11) is -7.89. The van der Waals surface area contributed by atoms with E-state index in [4.69, 9.17) is 0 Å². The molecule has 0 aliphatic heterocycles. The van der Waals surface area contributed by atoms with Gasteiger partial charge in [0, 0.05) is 36.2 Å². The molecule has 214 valence electrons. The normalized spacial score (nSPS) is 16.2. The fraction of sp³-hybridized carbons (Fsp3) is 0.0769. The molecule has 1 fully saturated rings. The number of nitrogens with zero attached hydrogens (tertiary/aromatic N) is 4. The van der Waals surface area contributed by atoms with E-state index in [0.29, 0.717) is 16.9 Å². The summed E-state index contributed by atoms with van der Waals surface area (Å²) in [6.07, 6.45) is 5.58. The Morgan fingerprint density at radius 2 is 0.929 bits per heavy atom. The number of anilines is 4. The van der Waals surface area contributed by atoms with Gasteiger partial charge in [0.25, 0.3) is 20.0 Å². The van der Waals surface area contributed by atoms with E-state index in [1.165, 1.54) is 73.3 Å². The zero-order valence-electron chi connectivity index (χ0n) is 21.5. The molecule has 0 spiro atoms. The molecule has 2 heterocycles. The van der Waals surface area contributed by atoms with E-state index < -0.39 is 43.7 Å². The summed E-state index contributed by atoms with van der Waals surface area (Å²) < 4.78 is 54.6. The van der Waals surface area contributed by atoms with Crippen LogP contribution in [0.4, 0.5) is 23.3 Å². The smallest absolute Gasteiger partial charge is 0.264 e. The Hall–Kier alpha value is -5.22. The Balaban J connectivity index is 1.16. The lowest BCUT2D eigenvalue weighted by Crippen LogP contribution is -2.21. The molecular formula is C26H22N8O6S2. The third kappa shape index (κ3) is 6.39. The number of amides is 2. The summed E-state index contributed by atoms with van der Waals surface area (Å²) in [5.41, 5.74) is 1.04. The van der Waals surface area contributed by atoms with Crippen LogP contribution in [0.25, 0.3) is 0 Å². The summed E-state index contributed by atoms with van der Waals surface area (Å²) in [5.74, 6) is -2.71. The minimum Gasteiger partial charge on any atom is -0.326 e. The molecule has 14 nitrogen and oxygen atoms in total. The number of hydrogen-bond acceptors (Lipinski definition) is 10. The maximum Gasteiger partial charge on any atom is 0.264 e. The highest BCUT2D eigenvalue weighted by atomic mass is 32.2. The van der Waals surface area contributed by atoms with Crippen LogP contribution >= 0.6 is 0 Å². The molecule has 2 aromatic heterocycles. The first-order valence-electron chi connectivity index (χ1n) is 12.1. The molecule has 0 saturated heterocycles. The van der Waals surface area contributed by atoms with Crippen molar-refractivity contribution in [3.63, 3.8) is 0 Å². The maximum atomic E-state index is 12.8. The van der Waals surface area contributed by atoms with Gasteiger partial charge >= 0.3 is 0 Å². The number of benzene rings is 2. The molecule has 4 N–H and O–H groups in total. The van der Waals surface area contributed by atoms with Gasteiger partial charge in [-0.15, -0.1) is 0 Å². The van der Waals surface area contributed by atoms with E-state index in [9.17, 15) is 26.4 Å². The minimum atomic E-state index is -3.94. The molecule has 42 heavy (non-hydrogen) atoms. The van der Waals surface area contributed by atoms with E-state index in [1.807, 2.05) is 0 Å². The van der Waals surface area contributed by atoms with E-state index in [-0.39, 0.29) is 21.7 Å². The highest BCUT2D eigenvalue weighted by molar-refractivity contribution is 7.93. The van der Waals surface area contributed by atoms with Crippen molar-refractivity contribution >= 4 is 55.1 Å². The van der Waals surface area contributed by atoms with Crippen LogP contribution in [0.2, 0.25) is 0 Å². The van der Waals surface area contributed by atoms with Gasteiger partial charge in [0.15, 0.2) is 0 Å². The zero-order valence-corrected chi connectivity index (χ0v) is 23.1. The van der Waals surface area contributed by atoms with E-state index in [1.54, 1.807) is 12.1 Å². The van der Waals surface area contributed by atoms with Crippen LogP contribution in [0.3, 0.4) is 0 Å². The number of hydrogen-bond donors (Lipinski definition) is 4. The Labute approximate surface area is 240 Å². The van der Waals surface area contributed by atoms with Crippen LogP contribution in [0.15, 0.2) is 107 Å². The van der Waals surface area contributed by atoms with Gasteiger partial charge in [-0.25, -0.2) is 46.2 Å². The van der Waals surface area contributed by atoms with Gasteiger partial charge in [0.1, 0.15) is 0 Å². The molecule has 1 saturated carbocycles. The first-order valence-corrected chi connectivity index (χ1v) is 15.1. The largest absolute Gasteiger partial charge is 0.326 e. The number of aromatic nitrogens is 4. The van der Waals surface area contributed by atoms with Crippen molar-refractivity contribution < 1.29 is 26.4 Å². The van der Waals surface area contributed by atoms with Crippen LogP contribution in [-0.4, -0.2) is 48.6 Å². The third-order valence-electron chi connectivity index (χ3n) is 6.04. The van der Waals surface area contributed by atoms with Crippen molar-refractivity contribution in [3.05, 3.63) is 97.6 Å². The molecular weight excluding hydrogens is 584 g/mol. The van der Waals surface area contributed by atoms with Crippen LogP contribution in [0.5, 0.6) is 0 Å². The summed E-state index contributed by atoms with van der Waals surface area (Å²) in [4.78, 5) is 40.8. The number of carbonyl (C=O) groups excluding carboxylic acids is 2. The third-order valence-corrected chi connectivity index (χ3v) is 8.72. The number of carbonyl (C=O) groups is 2. The Bertz CT molecular complexity index is 1720. The van der Waals surface area contributed by atoms with Crippen LogP contribution in [0, 0.1) is 11.8 Å². The predicted octanol–water partition coefficient (Wildman–Crippen LogP) is 2.25. The van der Waals surface area contributed by atoms with Gasteiger partial charge in [0.2, 0.25) is 23.7 Å². The fourth-order valence-corrected chi connectivity index (χ4v) is 5.81. The minimum absolute atomic E-state index is 0.0657. The van der Waals surface area contributed by atoms with Crippen LogP contribution in [-0.2, 0) is 29.6 Å². The van der Waals surface area contributed by atoms with Crippen LogP contribution < -0.4 is 20.1 Å². The van der Waals surface area contributed by atoms with Gasteiger partial charge < -0.3 is 10.6 Å². The zero-order chi connectivity index (χ0) is 29.9. The number of rotatable bonds is 10. The van der Waals surface area contributed by atoms with Gasteiger partial charge in [-0.05, 0) is 60.7 Å². The summed E-state index contributed by atoms with van der Waals surface area (Å²) in [6.45, 7) is 3.81. The van der Waals surface area contributed by atoms with Crippen molar-refractivity contribution in [2.75, 3.05) is 20.1 Å². The van der Waals surface area contributed by atoms with Gasteiger partial charge in [-0.2, -0.15) is 0 Å². The van der Waals surface area contributed by atoms with Gasteiger partial charge in [-0.3, -0.25) is 9.59 Å². The lowest BCUT2D eigenvalue weighted by Gasteiger charge is -2.09. The quantitative estimate of drug-likeness (QED) is 0.194. The first kappa shape index (κ1) is 28.3. The highest BCUT2D eigenvalue weighted by Crippen LogP contribution is 2.45. The topological polar surface area (TPSA) is 202 Å². The van der Waals surface area contributed by atoms with Crippen LogP contribution in [0.1, 0.15) is 0 Å². The highest BCUT2D eigenvalue weighted by Gasteiger charge is 2.52. The standard InChI is InChI=1S/C26H22N8O6S2/c1-16-21(23(35)31-17-4-8-19(9-5-17)41(37,38)33-25-27-12-2-13-28-25)22(16)24(36)32-18-6-10-20(11-7-18)42(39,40)34-26-29-14-3-15-30-26/h2-15,21-22H,1H2,(H,31,35)(H,32,36)(H,27,28,33)(H,29,30,34)/t21-,22+. The van der Waals surface area contributed by atoms with Crippen molar-refractivity contribution in [1.82, 2.24) is 19.9 Å². The van der Waals surface area contributed by atoms with E-state index in [2.05, 4.69) is 46.6 Å². The molecule has 1 aliphatic carbocycles. The van der Waals surface area contributed by atoms with Crippen molar-refractivity contribution in [2.24, 2.45) is 11.8 Å². The number of sulfonamides is 2. The molecule has 0 bridgehead atoms. The van der Waals surface area contributed by atoms with Crippen molar-refractivity contribution in [2.45, 2.75) is 9.79 Å². The van der Waals surface area contributed by atoms with E-state index in [0.717, 1.165) is 0 Å². The second kappa shape index (κ2) is 11.3. The summed E-state index contributed by atoms with van der Waals surface area (Å²) in [5, 5.41) is 5.30. The Morgan fingerprint density at radius 1 is 0.595 bits per heavy atom. The van der Waals surface area contributed by atoms with E-state index >= 15 is 0 Å². The Kier molecular flexibility index (Phi) is 7.64. The summed E-state index contributed by atoms with van der Waals surface area (Å²) in [6, 6.07) is 14.0. The second-order valence-electron chi connectivity index (χ2n) is 8.91. The molecule has 0 radical (unpaired) electrons. The second-order valence-corrected chi connectivity index (χ2v) is 12.3. The van der Waals surface area contributed by atoms with Crippen molar-refractivity contribution in [3.8, 4) is 0 Å². The molecule has 16 heteroatoms. The van der Waals surface area contributed by atoms with Gasteiger partial charge in [0.05, 0.1) is 21.6 Å². The SMILES string of the molecule is C=C1[C@H](C(=O)Nc2ccc(S(=O)(=O)Nc3ncccn3)cc2)[C@@H]1C(=O)Nc1ccc(S(=O)(=O)Nc2ncccn2)cc1. The monoisotopic (exact) mass is 606 g/mol. The van der Waals surface area contributed by atoms with Gasteiger partial charge in [-0.1, -0.05) is 12.2 Å². The first-order chi connectivity index (χ1) is 20.0. The molecule has 4 aromatic rings. The fourth-order valence-electron chi connectivity index (χ4n) is 3.89. The number of nitrogens with one attached hydrogen (secondary N) is 4. The average Bonchev–Trinajstić information content (AvgIpc) is 3.65. The molecule has 2 amide bonds. The lowest BCUT2D eigenvalue weighted by molar-refractivity contribution is -0.122.